The van der Waals surface area contributed by atoms with Gasteiger partial charge in [-0.05, 0) is 38.0 Å². The lowest BCUT2D eigenvalue weighted by molar-refractivity contribution is 1.16. The third-order valence-electron chi connectivity index (χ3n) is 2.30. The number of pyridine rings is 1. The monoisotopic (exact) mass is 173 g/mol. The van der Waals surface area contributed by atoms with Gasteiger partial charge in [0, 0.05) is 11.9 Å². The van der Waals surface area contributed by atoms with Gasteiger partial charge in [-0.25, -0.2) is 0 Å². The third kappa shape index (κ3) is 2.21. The number of allylic oxidation sites excluding steroid dienone is 1. The quantitative estimate of drug-likeness (QED) is 0.626. The zero-order valence-electron chi connectivity index (χ0n) is 8.89. The fraction of sp³-hybridized carbons (Fsp3) is 0.364. The maximum Gasteiger partial charge on any atom is 0.154 e. The zero-order chi connectivity index (χ0) is 9.84. The van der Waals surface area contributed by atoms with Crippen molar-refractivity contribution in [3.05, 3.63) is 35.2 Å². The Labute approximate surface area is 81.1 Å². The molecule has 1 rings (SSSR count). The molecule has 68 valence electrons. The second-order valence-corrected chi connectivity index (χ2v) is 3.31. The van der Waals surface area contributed by atoms with Gasteiger partial charge in [-0.2, -0.15) is 0 Å². The summed E-state index contributed by atoms with van der Waals surface area (Å²) in [6, 6.07) is 2.21. The summed E-state index contributed by atoms with van der Waals surface area (Å²) in [6.07, 6.45) is 4.09. The van der Waals surface area contributed by atoms with Crippen molar-refractivity contribution >= 4 is 12.8 Å². The van der Waals surface area contributed by atoms with Crippen LogP contribution in [-0.4, -0.2) is 12.3 Å². The highest BCUT2D eigenvalue weighted by molar-refractivity contribution is 6.59. The minimum atomic E-state index is 1.07. The number of aryl methyl sites for hydroxylation is 2. The summed E-state index contributed by atoms with van der Waals surface area (Å²) in [5, 5.41) is 0. The molecule has 0 saturated carbocycles. The molecular weight excluding hydrogens is 157 g/mol. The average Bonchev–Trinajstić information content (AvgIpc) is 2.13. The van der Waals surface area contributed by atoms with Crippen molar-refractivity contribution in [3.8, 4) is 0 Å². The highest BCUT2D eigenvalue weighted by atomic mass is 14.7. The molecule has 1 nitrogen and oxygen atoms in total. The van der Waals surface area contributed by atoms with Crippen LogP contribution in [0.4, 0.5) is 0 Å². The molecule has 0 aliphatic heterocycles. The molecular formula is C11H16BN. The molecule has 0 N–H and O–H groups in total. The Hall–Kier alpha value is -1.05. The molecule has 0 unspecified atom stereocenters. The lowest BCUT2D eigenvalue weighted by Gasteiger charge is -2.07. The van der Waals surface area contributed by atoms with Gasteiger partial charge in [-0.1, -0.05) is 18.4 Å². The Balaban J connectivity index is 3.19. The largest absolute Gasteiger partial charge is 0.261 e. The van der Waals surface area contributed by atoms with Crippen molar-refractivity contribution in [2.45, 2.75) is 27.6 Å². The maximum atomic E-state index is 4.35. The van der Waals surface area contributed by atoms with Crippen molar-refractivity contribution in [3.63, 3.8) is 0 Å². The average molecular weight is 173 g/mol. The molecule has 1 aromatic heterocycles. The van der Waals surface area contributed by atoms with Crippen LogP contribution >= 0.6 is 0 Å². The first-order chi connectivity index (χ1) is 6.19. The van der Waals surface area contributed by atoms with Crippen molar-refractivity contribution < 1.29 is 0 Å². The summed E-state index contributed by atoms with van der Waals surface area (Å²) in [4.78, 5) is 4.35. The van der Waals surface area contributed by atoms with E-state index in [9.17, 15) is 0 Å². The number of nitrogens with zero attached hydrogens (tertiary/aromatic N) is 1. The van der Waals surface area contributed by atoms with Crippen LogP contribution < -0.4 is 0 Å². The molecule has 0 bridgehead atoms. The van der Waals surface area contributed by atoms with Crippen LogP contribution in [0.3, 0.4) is 0 Å². The summed E-state index contributed by atoms with van der Waals surface area (Å²) >= 11 is 0. The van der Waals surface area contributed by atoms with E-state index in [1.165, 1.54) is 16.6 Å². The van der Waals surface area contributed by atoms with E-state index in [-0.39, 0.29) is 0 Å². The minimum absolute atomic E-state index is 1.07. The molecule has 0 amide bonds. The Morgan fingerprint density at radius 2 is 2.15 bits per heavy atom. The molecule has 13 heavy (non-hydrogen) atoms. The van der Waals surface area contributed by atoms with Gasteiger partial charge in [-0.15, -0.1) is 0 Å². The van der Waals surface area contributed by atoms with Crippen molar-refractivity contribution in [2.24, 2.45) is 0 Å². The second kappa shape index (κ2) is 4.26. The third-order valence-corrected chi connectivity index (χ3v) is 2.30. The molecule has 0 radical (unpaired) electrons. The lowest BCUT2D eigenvalue weighted by Crippen LogP contribution is -1.97. The number of rotatable bonds is 2. The Kier molecular flexibility index (Phi) is 3.29. The summed E-state index contributed by atoms with van der Waals surface area (Å²) < 4.78 is 0. The van der Waals surface area contributed by atoms with E-state index in [1.807, 2.05) is 6.20 Å². The summed E-state index contributed by atoms with van der Waals surface area (Å²) in [5.74, 6) is 0. The molecule has 0 fully saturated rings. The minimum Gasteiger partial charge on any atom is -0.261 e. The Morgan fingerprint density at radius 3 is 2.69 bits per heavy atom. The fourth-order valence-electron chi connectivity index (χ4n) is 1.51. The lowest BCUT2D eigenvalue weighted by atomic mass is 9.68. The van der Waals surface area contributed by atoms with Gasteiger partial charge in [0.15, 0.2) is 7.28 Å². The van der Waals surface area contributed by atoms with Crippen LogP contribution in [0, 0.1) is 13.8 Å². The van der Waals surface area contributed by atoms with E-state index in [2.05, 4.69) is 44.7 Å². The predicted molar refractivity (Wildman–Crippen MR) is 60.4 cm³/mol. The van der Waals surface area contributed by atoms with E-state index in [0.717, 1.165) is 13.0 Å². The van der Waals surface area contributed by atoms with Gasteiger partial charge < -0.3 is 0 Å². The molecule has 0 aromatic carbocycles. The topological polar surface area (TPSA) is 12.9 Å². The Bertz CT molecular complexity index is 329. The van der Waals surface area contributed by atoms with Gasteiger partial charge in [0.2, 0.25) is 0 Å². The summed E-state index contributed by atoms with van der Waals surface area (Å²) in [6.45, 7) is 8.41. The van der Waals surface area contributed by atoms with Crippen LogP contribution in [0.2, 0.25) is 6.82 Å². The van der Waals surface area contributed by atoms with Crippen LogP contribution in [0.15, 0.2) is 18.3 Å². The van der Waals surface area contributed by atoms with E-state index in [0.29, 0.717) is 0 Å². The number of hydrogen-bond acceptors (Lipinski definition) is 1. The predicted octanol–water partition coefficient (Wildman–Crippen LogP) is 2.54. The molecule has 1 aromatic rings. The van der Waals surface area contributed by atoms with E-state index < -0.39 is 0 Å². The van der Waals surface area contributed by atoms with Gasteiger partial charge in [-0.3, -0.25) is 4.98 Å². The second-order valence-electron chi connectivity index (χ2n) is 3.31. The first-order valence-electron chi connectivity index (χ1n) is 4.77. The zero-order valence-corrected chi connectivity index (χ0v) is 8.89. The SMILES string of the molecule is CB/C(=C/C)c1cc(C)cnc1C. The van der Waals surface area contributed by atoms with Crippen LogP contribution in [0.1, 0.15) is 23.7 Å². The van der Waals surface area contributed by atoms with Crippen molar-refractivity contribution in [2.75, 3.05) is 0 Å². The standard InChI is InChI=1S/C11H16BN/c1-5-11(12-4)10-6-8(2)7-13-9(10)3/h5-7,12H,1-4H3/b11-5+. The van der Waals surface area contributed by atoms with Crippen LogP contribution in [0.5, 0.6) is 0 Å². The van der Waals surface area contributed by atoms with Crippen LogP contribution in [0.25, 0.3) is 5.47 Å². The van der Waals surface area contributed by atoms with Gasteiger partial charge in [0.1, 0.15) is 0 Å². The summed E-state index contributed by atoms with van der Waals surface area (Å²) in [5.41, 5.74) is 5.03. The first-order valence-corrected chi connectivity index (χ1v) is 4.77. The van der Waals surface area contributed by atoms with Crippen molar-refractivity contribution in [1.82, 2.24) is 4.98 Å². The number of aromatic nitrogens is 1. The molecule has 2 heteroatoms. The van der Waals surface area contributed by atoms with E-state index in [4.69, 9.17) is 0 Å². The van der Waals surface area contributed by atoms with E-state index in [1.54, 1.807) is 0 Å². The molecule has 1 heterocycles. The normalized spacial score (nSPS) is 11.5. The smallest absolute Gasteiger partial charge is 0.154 e. The van der Waals surface area contributed by atoms with Crippen LogP contribution in [-0.2, 0) is 0 Å². The highest BCUT2D eigenvalue weighted by Crippen LogP contribution is 2.17. The number of hydrogen-bond donors (Lipinski definition) is 0. The first kappa shape index (κ1) is 10.0. The van der Waals surface area contributed by atoms with Gasteiger partial charge in [0.25, 0.3) is 0 Å². The molecule has 0 atom stereocenters. The van der Waals surface area contributed by atoms with E-state index >= 15 is 0 Å². The molecule has 0 aliphatic carbocycles. The van der Waals surface area contributed by atoms with Gasteiger partial charge in [0.05, 0.1) is 0 Å². The van der Waals surface area contributed by atoms with Gasteiger partial charge >= 0.3 is 0 Å². The molecule has 0 aliphatic rings. The Morgan fingerprint density at radius 1 is 1.46 bits per heavy atom. The molecule has 0 spiro atoms. The summed E-state index contributed by atoms with van der Waals surface area (Å²) in [7, 11) is 1.07. The van der Waals surface area contributed by atoms with Crippen molar-refractivity contribution in [1.29, 1.82) is 0 Å². The molecule has 0 saturated heterocycles. The highest BCUT2D eigenvalue weighted by Gasteiger charge is 2.03. The fourth-order valence-corrected chi connectivity index (χ4v) is 1.51. The maximum absolute atomic E-state index is 4.35.